The van der Waals surface area contributed by atoms with Crippen LogP contribution in [0.4, 0.5) is 0 Å². The van der Waals surface area contributed by atoms with Gasteiger partial charge in [0.1, 0.15) is 0 Å². The fraction of sp³-hybridized carbons (Fsp3) is 0.538. The lowest BCUT2D eigenvalue weighted by Crippen LogP contribution is -2.28. The Morgan fingerprint density at radius 1 is 1.14 bits per heavy atom. The van der Waals surface area contributed by atoms with Crippen molar-refractivity contribution < 1.29 is 0 Å². The first-order valence-corrected chi connectivity index (χ1v) is 5.65. The number of rotatable bonds is 0. The molecule has 0 amide bonds. The summed E-state index contributed by atoms with van der Waals surface area (Å²) in [7, 11) is 0. The molecule has 74 valence electrons. The van der Waals surface area contributed by atoms with Crippen LogP contribution in [0, 0.1) is 11.8 Å². The summed E-state index contributed by atoms with van der Waals surface area (Å²) in [4.78, 5) is 0. The second kappa shape index (κ2) is 3.09. The largest absolute Gasteiger partial charge is 0.314 e. The smallest absolute Gasteiger partial charge is 0.00735 e. The summed E-state index contributed by atoms with van der Waals surface area (Å²) in [6, 6.07) is 9.66. The molecule has 1 heteroatoms. The quantitative estimate of drug-likeness (QED) is 0.655. The molecule has 1 aliphatic heterocycles. The highest BCUT2D eigenvalue weighted by atomic mass is 15.0. The van der Waals surface area contributed by atoms with Gasteiger partial charge in [0.15, 0.2) is 0 Å². The summed E-state index contributed by atoms with van der Waals surface area (Å²) in [5.74, 6) is 1.77. The summed E-state index contributed by atoms with van der Waals surface area (Å²) in [6.07, 6.45) is 2.58. The van der Waals surface area contributed by atoms with E-state index in [9.17, 15) is 0 Å². The zero-order chi connectivity index (χ0) is 9.54. The van der Waals surface area contributed by atoms with Crippen LogP contribution in [-0.2, 0) is 12.8 Å². The first-order chi connectivity index (χ1) is 6.84. The number of fused-ring (bicyclic) bond motifs is 2. The Bertz CT molecular complexity index is 345. The second-order valence-corrected chi connectivity index (χ2v) is 4.80. The Hall–Kier alpha value is -0.820. The van der Waals surface area contributed by atoms with E-state index in [0.717, 1.165) is 11.8 Å². The van der Waals surface area contributed by atoms with E-state index in [2.05, 4.69) is 36.5 Å². The van der Waals surface area contributed by atoms with Gasteiger partial charge in [0.05, 0.1) is 0 Å². The molecule has 1 fully saturated rings. The lowest BCUT2D eigenvalue weighted by atomic mass is 9.75. The molecule has 0 radical (unpaired) electrons. The van der Waals surface area contributed by atoms with Gasteiger partial charge in [-0.25, -0.2) is 0 Å². The Morgan fingerprint density at radius 2 is 1.86 bits per heavy atom. The first kappa shape index (κ1) is 8.49. The lowest BCUT2D eigenvalue weighted by Gasteiger charge is -2.28. The molecule has 0 spiro atoms. The highest BCUT2D eigenvalue weighted by Gasteiger charge is 2.36. The van der Waals surface area contributed by atoms with E-state index in [1.165, 1.54) is 19.4 Å². The van der Waals surface area contributed by atoms with E-state index in [1.807, 2.05) is 0 Å². The maximum absolute atomic E-state index is 3.60. The van der Waals surface area contributed by atoms with Crippen LogP contribution in [0.25, 0.3) is 0 Å². The molecule has 1 nitrogen and oxygen atoms in total. The summed E-state index contributed by atoms with van der Waals surface area (Å²) in [5, 5.41) is 3.60. The topological polar surface area (TPSA) is 12.0 Å². The molecule has 14 heavy (non-hydrogen) atoms. The molecule has 1 aromatic rings. The third kappa shape index (κ3) is 1.19. The van der Waals surface area contributed by atoms with Crippen molar-refractivity contribution in [3.63, 3.8) is 0 Å². The number of hydrogen-bond donors (Lipinski definition) is 1. The van der Waals surface area contributed by atoms with E-state index in [1.54, 1.807) is 11.1 Å². The van der Waals surface area contributed by atoms with Gasteiger partial charge in [0, 0.05) is 6.04 Å². The zero-order valence-electron chi connectivity index (χ0n) is 8.66. The molecule has 1 saturated heterocycles. The van der Waals surface area contributed by atoms with Crippen LogP contribution in [0.1, 0.15) is 18.1 Å². The molecule has 2 aliphatic rings. The SMILES string of the molecule is CC1NCC2Cc3ccccc3CC21. The number of benzene rings is 1. The van der Waals surface area contributed by atoms with Gasteiger partial charge in [0.25, 0.3) is 0 Å². The molecule has 1 heterocycles. The van der Waals surface area contributed by atoms with Crippen LogP contribution in [0.2, 0.25) is 0 Å². The molecule has 0 bridgehead atoms. The van der Waals surface area contributed by atoms with Crippen LogP contribution in [0.15, 0.2) is 24.3 Å². The molecule has 0 aromatic heterocycles. The monoisotopic (exact) mass is 187 g/mol. The summed E-state index contributed by atoms with van der Waals surface area (Å²) in [5.41, 5.74) is 3.17. The minimum absolute atomic E-state index is 0.716. The molecule has 1 N–H and O–H groups in total. The summed E-state index contributed by atoms with van der Waals surface area (Å²) >= 11 is 0. The van der Waals surface area contributed by atoms with Gasteiger partial charge in [-0.15, -0.1) is 0 Å². The van der Waals surface area contributed by atoms with Crippen molar-refractivity contribution >= 4 is 0 Å². The Balaban J connectivity index is 1.95. The third-order valence-corrected chi connectivity index (χ3v) is 4.01. The van der Waals surface area contributed by atoms with Gasteiger partial charge < -0.3 is 5.32 Å². The van der Waals surface area contributed by atoms with Crippen molar-refractivity contribution in [1.82, 2.24) is 5.32 Å². The Labute approximate surface area is 85.5 Å². The predicted octanol–water partition coefficient (Wildman–Crippen LogP) is 2.01. The van der Waals surface area contributed by atoms with Crippen LogP contribution in [0.5, 0.6) is 0 Å². The normalized spacial score (nSPS) is 35.1. The second-order valence-electron chi connectivity index (χ2n) is 4.80. The Morgan fingerprint density at radius 3 is 2.64 bits per heavy atom. The van der Waals surface area contributed by atoms with Gasteiger partial charge in [-0.3, -0.25) is 0 Å². The highest BCUT2D eigenvalue weighted by molar-refractivity contribution is 5.31. The van der Waals surface area contributed by atoms with Gasteiger partial charge in [0.2, 0.25) is 0 Å². The van der Waals surface area contributed by atoms with Crippen molar-refractivity contribution in [1.29, 1.82) is 0 Å². The molecule has 3 rings (SSSR count). The molecule has 1 aliphatic carbocycles. The van der Waals surface area contributed by atoms with Crippen LogP contribution < -0.4 is 5.32 Å². The van der Waals surface area contributed by atoms with Gasteiger partial charge >= 0.3 is 0 Å². The van der Waals surface area contributed by atoms with Crippen LogP contribution >= 0.6 is 0 Å². The number of hydrogen-bond acceptors (Lipinski definition) is 1. The maximum atomic E-state index is 3.60. The van der Waals surface area contributed by atoms with E-state index >= 15 is 0 Å². The van der Waals surface area contributed by atoms with Crippen LogP contribution in [-0.4, -0.2) is 12.6 Å². The van der Waals surface area contributed by atoms with Gasteiger partial charge in [-0.05, 0) is 49.3 Å². The van der Waals surface area contributed by atoms with Gasteiger partial charge in [-0.1, -0.05) is 24.3 Å². The van der Waals surface area contributed by atoms with Crippen molar-refractivity contribution in [2.24, 2.45) is 11.8 Å². The minimum atomic E-state index is 0.716. The average Bonchev–Trinajstić information content (AvgIpc) is 2.57. The standard InChI is InChI=1S/C13H17N/c1-9-13-7-11-5-3-2-4-10(11)6-12(13)8-14-9/h2-5,9,12-14H,6-8H2,1H3. The van der Waals surface area contributed by atoms with E-state index in [0.29, 0.717) is 6.04 Å². The van der Waals surface area contributed by atoms with E-state index < -0.39 is 0 Å². The third-order valence-electron chi connectivity index (χ3n) is 4.01. The van der Waals surface area contributed by atoms with Crippen molar-refractivity contribution in [2.75, 3.05) is 6.54 Å². The zero-order valence-corrected chi connectivity index (χ0v) is 8.66. The van der Waals surface area contributed by atoms with Crippen LogP contribution in [0.3, 0.4) is 0 Å². The molecule has 0 saturated carbocycles. The fourth-order valence-corrected chi connectivity index (χ4v) is 3.11. The highest BCUT2D eigenvalue weighted by Crippen LogP contribution is 2.35. The number of nitrogens with one attached hydrogen (secondary N) is 1. The fourth-order valence-electron chi connectivity index (χ4n) is 3.11. The summed E-state index contributed by atoms with van der Waals surface area (Å²) in [6.45, 7) is 3.55. The lowest BCUT2D eigenvalue weighted by molar-refractivity contribution is 0.350. The summed E-state index contributed by atoms with van der Waals surface area (Å²) < 4.78 is 0. The van der Waals surface area contributed by atoms with Crippen molar-refractivity contribution in [2.45, 2.75) is 25.8 Å². The van der Waals surface area contributed by atoms with Crippen molar-refractivity contribution in [3.8, 4) is 0 Å². The predicted molar refractivity (Wildman–Crippen MR) is 58.3 cm³/mol. The molecular formula is C13H17N. The first-order valence-electron chi connectivity index (χ1n) is 5.65. The molecule has 3 atom stereocenters. The van der Waals surface area contributed by atoms with Gasteiger partial charge in [-0.2, -0.15) is 0 Å². The minimum Gasteiger partial charge on any atom is -0.314 e. The maximum Gasteiger partial charge on any atom is 0.00735 e. The van der Waals surface area contributed by atoms with E-state index in [-0.39, 0.29) is 0 Å². The Kier molecular flexibility index (Phi) is 1.88. The molecule has 1 aromatic carbocycles. The average molecular weight is 187 g/mol. The molecule has 3 unspecified atom stereocenters. The van der Waals surface area contributed by atoms with E-state index in [4.69, 9.17) is 0 Å². The van der Waals surface area contributed by atoms with Crippen molar-refractivity contribution in [3.05, 3.63) is 35.4 Å². The molecular weight excluding hydrogens is 170 g/mol.